The molecule has 1 aromatic carbocycles. The maximum Gasteiger partial charge on any atom is 0.188 e. The van der Waals surface area contributed by atoms with Crippen LogP contribution in [-0.2, 0) is 4.74 Å². The molecule has 0 aliphatic rings. The average Bonchev–Trinajstić information content (AvgIpc) is 2.37. The van der Waals surface area contributed by atoms with Crippen molar-refractivity contribution >= 4 is 5.78 Å². The molecule has 0 aliphatic heterocycles. The first-order chi connectivity index (χ1) is 8.48. The van der Waals surface area contributed by atoms with Crippen LogP contribution in [0.15, 0.2) is 24.3 Å². The Morgan fingerprint density at radius 3 is 2.28 bits per heavy atom. The molecule has 0 aromatic heterocycles. The molecule has 1 rings (SSSR count). The molecule has 3 nitrogen and oxygen atoms in total. The molecule has 18 heavy (non-hydrogen) atoms. The first-order valence-electron chi connectivity index (χ1n) is 6.38. The van der Waals surface area contributed by atoms with E-state index >= 15 is 0 Å². The number of ether oxygens (including phenoxy) is 2. The first-order valence-corrected chi connectivity index (χ1v) is 6.38. The predicted octanol–water partition coefficient (Wildman–Crippen LogP) is 3.47. The molecule has 0 N–H and O–H groups in total. The van der Waals surface area contributed by atoms with E-state index in [0.29, 0.717) is 12.2 Å². The Morgan fingerprint density at radius 2 is 1.78 bits per heavy atom. The lowest BCUT2D eigenvalue weighted by Crippen LogP contribution is -2.26. The molecule has 0 unspecified atom stereocenters. The number of carbonyl (C=O) groups is 1. The minimum absolute atomic E-state index is 0.000395. The predicted molar refractivity (Wildman–Crippen MR) is 72.3 cm³/mol. The van der Waals surface area contributed by atoms with Gasteiger partial charge in [-0.15, -0.1) is 0 Å². The van der Waals surface area contributed by atoms with Gasteiger partial charge >= 0.3 is 0 Å². The molecule has 0 aliphatic carbocycles. The van der Waals surface area contributed by atoms with Crippen molar-refractivity contribution in [3.05, 3.63) is 29.8 Å². The summed E-state index contributed by atoms with van der Waals surface area (Å²) in [4.78, 5) is 11.9. The number of hydrogen-bond donors (Lipinski definition) is 0. The Hall–Kier alpha value is -1.35. The number of Topliss-reactive ketones (excluding diaryl/α,β-unsaturated/α-hetero) is 1. The third kappa shape index (κ3) is 4.49. The summed E-state index contributed by atoms with van der Waals surface area (Å²) in [6, 6.07) is 7.16. The summed E-state index contributed by atoms with van der Waals surface area (Å²) in [6.07, 6.45) is 0.879. The standard InChI is InChI=1S/C15H22O3/c1-5-15(3,4)18-11-14(16)12-7-9-13(10-8-12)17-6-2/h7-10H,5-6,11H2,1-4H3. The normalized spacial score (nSPS) is 11.3. The van der Waals surface area contributed by atoms with Gasteiger partial charge in [-0.2, -0.15) is 0 Å². The summed E-state index contributed by atoms with van der Waals surface area (Å²) in [5.74, 6) is 0.781. The summed E-state index contributed by atoms with van der Waals surface area (Å²) in [5.41, 5.74) is 0.409. The molecule has 0 bridgehead atoms. The van der Waals surface area contributed by atoms with E-state index in [-0.39, 0.29) is 18.0 Å². The van der Waals surface area contributed by atoms with Gasteiger partial charge < -0.3 is 9.47 Å². The van der Waals surface area contributed by atoms with Crippen molar-refractivity contribution in [2.75, 3.05) is 13.2 Å². The Labute approximate surface area is 109 Å². The lowest BCUT2D eigenvalue weighted by molar-refractivity contribution is -0.0122. The zero-order valence-electron chi connectivity index (χ0n) is 11.7. The van der Waals surface area contributed by atoms with E-state index in [1.54, 1.807) is 12.1 Å². The lowest BCUT2D eigenvalue weighted by atomic mass is 10.1. The van der Waals surface area contributed by atoms with Crippen LogP contribution in [0.5, 0.6) is 5.75 Å². The van der Waals surface area contributed by atoms with E-state index in [1.807, 2.05) is 39.8 Å². The fourth-order valence-corrected chi connectivity index (χ4v) is 1.35. The summed E-state index contributed by atoms with van der Waals surface area (Å²) in [7, 11) is 0. The monoisotopic (exact) mass is 250 g/mol. The molecular formula is C15H22O3. The highest BCUT2D eigenvalue weighted by Gasteiger charge is 2.17. The van der Waals surface area contributed by atoms with E-state index in [4.69, 9.17) is 9.47 Å². The fraction of sp³-hybridized carbons (Fsp3) is 0.533. The molecule has 1 aromatic rings. The number of hydrogen-bond acceptors (Lipinski definition) is 3. The molecule has 0 amide bonds. The molecule has 0 radical (unpaired) electrons. The minimum atomic E-state index is -0.249. The fourth-order valence-electron chi connectivity index (χ4n) is 1.35. The van der Waals surface area contributed by atoms with Crippen molar-refractivity contribution in [3.63, 3.8) is 0 Å². The van der Waals surface area contributed by atoms with Crippen LogP contribution in [0, 0.1) is 0 Å². The van der Waals surface area contributed by atoms with E-state index in [1.165, 1.54) is 0 Å². The average molecular weight is 250 g/mol. The largest absolute Gasteiger partial charge is 0.494 e. The van der Waals surface area contributed by atoms with Crippen LogP contribution in [0.1, 0.15) is 44.5 Å². The topological polar surface area (TPSA) is 35.5 Å². The van der Waals surface area contributed by atoms with Crippen LogP contribution < -0.4 is 4.74 Å². The number of benzene rings is 1. The molecule has 0 fully saturated rings. The van der Waals surface area contributed by atoms with Gasteiger partial charge in [-0.3, -0.25) is 4.79 Å². The molecule has 0 heterocycles. The van der Waals surface area contributed by atoms with Gasteiger partial charge in [-0.1, -0.05) is 6.92 Å². The summed E-state index contributed by atoms with van der Waals surface area (Å²) >= 11 is 0. The van der Waals surface area contributed by atoms with Gasteiger partial charge in [0.15, 0.2) is 5.78 Å². The van der Waals surface area contributed by atoms with E-state index in [9.17, 15) is 4.79 Å². The van der Waals surface area contributed by atoms with Crippen molar-refractivity contribution in [3.8, 4) is 5.75 Å². The molecule has 100 valence electrons. The van der Waals surface area contributed by atoms with Gasteiger partial charge in [0.25, 0.3) is 0 Å². The van der Waals surface area contributed by atoms with Crippen LogP contribution >= 0.6 is 0 Å². The van der Waals surface area contributed by atoms with E-state index < -0.39 is 0 Å². The van der Waals surface area contributed by atoms with Crippen LogP contribution in [-0.4, -0.2) is 24.6 Å². The molecule has 3 heteroatoms. The van der Waals surface area contributed by atoms with Crippen LogP contribution in [0.3, 0.4) is 0 Å². The van der Waals surface area contributed by atoms with Gasteiger partial charge in [0.1, 0.15) is 12.4 Å². The maximum absolute atomic E-state index is 11.9. The smallest absolute Gasteiger partial charge is 0.188 e. The highest BCUT2D eigenvalue weighted by molar-refractivity contribution is 5.97. The van der Waals surface area contributed by atoms with Crippen LogP contribution in [0.4, 0.5) is 0 Å². The maximum atomic E-state index is 11.9. The van der Waals surface area contributed by atoms with Crippen LogP contribution in [0.2, 0.25) is 0 Å². The Balaban J connectivity index is 2.56. The van der Waals surface area contributed by atoms with Crippen molar-refractivity contribution in [1.82, 2.24) is 0 Å². The Morgan fingerprint density at radius 1 is 1.17 bits per heavy atom. The zero-order chi connectivity index (χ0) is 13.6. The highest BCUT2D eigenvalue weighted by Crippen LogP contribution is 2.16. The second-order valence-electron chi connectivity index (χ2n) is 4.78. The second kappa shape index (κ2) is 6.55. The van der Waals surface area contributed by atoms with Gasteiger partial charge in [0, 0.05) is 5.56 Å². The SMILES string of the molecule is CCOc1ccc(C(=O)COC(C)(C)CC)cc1. The highest BCUT2D eigenvalue weighted by atomic mass is 16.5. The number of carbonyl (C=O) groups excluding carboxylic acids is 1. The van der Waals surface area contributed by atoms with Crippen molar-refractivity contribution in [2.24, 2.45) is 0 Å². The lowest BCUT2D eigenvalue weighted by Gasteiger charge is -2.22. The van der Waals surface area contributed by atoms with E-state index in [2.05, 4.69) is 0 Å². The summed E-state index contributed by atoms with van der Waals surface area (Å²) in [5, 5.41) is 0. The summed E-state index contributed by atoms with van der Waals surface area (Å²) in [6.45, 7) is 8.69. The zero-order valence-corrected chi connectivity index (χ0v) is 11.7. The van der Waals surface area contributed by atoms with Crippen molar-refractivity contribution < 1.29 is 14.3 Å². The molecule has 0 spiro atoms. The van der Waals surface area contributed by atoms with Crippen LogP contribution in [0.25, 0.3) is 0 Å². The second-order valence-corrected chi connectivity index (χ2v) is 4.78. The molecule has 0 atom stereocenters. The molecular weight excluding hydrogens is 228 g/mol. The number of rotatable bonds is 7. The minimum Gasteiger partial charge on any atom is -0.494 e. The molecule has 0 saturated heterocycles. The third-order valence-electron chi connectivity index (χ3n) is 2.93. The number of ketones is 1. The first kappa shape index (κ1) is 14.7. The summed E-state index contributed by atoms with van der Waals surface area (Å²) < 4.78 is 10.9. The van der Waals surface area contributed by atoms with Gasteiger partial charge in [0.2, 0.25) is 0 Å². The van der Waals surface area contributed by atoms with Gasteiger partial charge in [-0.05, 0) is 51.5 Å². The van der Waals surface area contributed by atoms with Crippen molar-refractivity contribution in [2.45, 2.75) is 39.7 Å². The Kier molecular flexibility index (Phi) is 5.35. The molecule has 0 saturated carbocycles. The van der Waals surface area contributed by atoms with Gasteiger partial charge in [-0.25, -0.2) is 0 Å². The van der Waals surface area contributed by atoms with Crippen molar-refractivity contribution in [1.29, 1.82) is 0 Å². The van der Waals surface area contributed by atoms with E-state index in [0.717, 1.165) is 12.2 Å². The van der Waals surface area contributed by atoms with Gasteiger partial charge in [0.05, 0.1) is 12.2 Å². The third-order valence-corrected chi connectivity index (χ3v) is 2.93. The quantitative estimate of drug-likeness (QED) is 0.695. The Bertz CT molecular complexity index is 379.